The first kappa shape index (κ1) is 23.6. The minimum atomic E-state index is -3.60. The smallest absolute Gasteiger partial charge is 0.262 e. The zero-order valence-corrected chi connectivity index (χ0v) is 20.5. The van der Waals surface area contributed by atoms with E-state index in [2.05, 4.69) is 10.3 Å². The maximum atomic E-state index is 13.1. The van der Waals surface area contributed by atoms with Crippen LogP contribution in [-0.2, 0) is 27.9 Å². The maximum Gasteiger partial charge on any atom is 0.262 e. The second-order valence-electron chi connectivity index (χ2n) is 8.31. The number of sulfonamides is 1. The van der Waals surface area contributed by atoms with Crippen molar-refractivity contribution in [1.29, 1.82) is 0 Å². The Morgan fingerprint density at radius 1 is 1.15 bits per heavy atom. The maximum absolute atomic E-state index is 13.1. The second-order valence-corrected chi connectivity index (χ2v) is 11.4. The van der Waals surface area contributed by atoms with Crippen LogP contribution in [0.3, 0.4) is 0 Å². The van der Waals surface area contributed by atoms with Gasteiger partial charge >= 0.3 is 0 Å². The number of piperidine rings is 1. The van der Waals surface area contributed by atoms with Gasteiger partial charge in [-0.05, 0) is 43.9 Å². The van der Waals surface area contributed by atoms with Crippen LogP contribution in [0, 0.1) is 13.8 Å². The number of fused-ring (bicyclic) bond motifs is 1. The monoisotopic (exact) mass is 488 g/mol. The zero-order chi connectivity index (χ0) is 23.6. The first-order valence-electron chi connectivity index (χ1n) is 11.1. The molecule has 0 saturated carbocycles. The van der Waals surface area contributed by atoms with Crippen LogP contribution in [0.1, 0.15) is 41.7 Å². The quantitative estimate of drug-likeness (QED) is 0.551. The molecule has 1 aromatic carbocycles. The van der Waals surface area contributed by atoms with Crippen LogP contribution in [0.15, 0.2) is 40.3 Å². The number of hydrogen-bond acceptors (Lipinski definition) is 6. The Morgan fingerprint density at radius 3 is 2.64 bits per heavy atom. The van der Waals surface area contributed by atoms with Crippen molar-refractivity contribution >= 4 is 37.5 Å². The molecule has 8 nitrogen and oxygen atoms in total. The average molecular weight is 489 g/mol. The number of nitrogens with zero attached hydrogens (tertiary/aromatic N) is 3. The van der Waals surface area contributed by atoms with Gasteiger partial charge in [0.1, 0.15) is 4.83 Å². The molecule has 1 saturated heterocycles. The van der Waals surface area contributed by atoms with Crippen molar-refractivity contribution in [3.63, 3.8) is 0 Å². The van der Waals surface area contributed by atoms with E-state index in [4.69, 9.17) is 0 Å². The highest BCUT2D eigenvalue weighted by atomic mass is 32.2. The van der Waals surface area contributed by atoms with E-state index in [0.717, 1.165) is 29.7 Å². The minimum absolute atomic E-state index is 0.0936. The van der Waals surface area contributed by atoms with Crippen molar-refractivity contribution < 1.29 is 13.2 Å². The van der Waals surface area contributed by atoms with Crippen molar-refractivity contribution in [3.8, 4) is 0 Å². The predicted molar refractivity (Wildman–Crippen MR) is 129 cm³/mol. The molecule has 1 N–H and O–H groups in total. The number of nitrogens with one attached hydrogen (secondary N) is 1. The predicted octanol–water partition coefficient (Wildman–Crippen LogP) is 2.96. The van der Waals surface area contributed by atoms with Crippen molar-refractivity contribution in [3.05, 3.63) is 57.0 Å². The van der Waals surface area contributed by atoms with Gasteiger partial charge in [0.25, 0.3) is 5.56 Å². The largest absolute Gasteiger partial charge is 0.352 e. The third-order valence-electron chi connectivity index (χ3n) is 6.12. The van der Waals surface area contributed by atoms with Crippen LogP contribution in [0.25, 0.3) is 10.2 Å². The van der Waals surface area contributed by atoms with Gasteiger partial charge in [0.15, 0.2) is 0 Å². The number of amides is 1. The number of rotatable bonds is 7. The van der Waals surface area contributed by atoms with Crippen LogP contribution in [0.5, 0.6) is 0 Å². The summed E-state index contributed by atoms with van der Waals surface area (Å²) in [5, 5.41) is 3.41. The topological polar surface area (TPSA) is 101 Å². The van der Waals surface area contributed by atoms with Crippen LogP contribution in [0.2, 0.25) is 0 Å². The summed E-state index contributed by atoms with van der Waals surface area (Å²) in [5.41, 5.74) is 1.34. The molecule has 0 bridgehead atoms. The lowest BCUT2D eigenvalue weighted by Crippen LogP contribution is -2.36. The number of aryl methyl sites for hydroxylation is 3. The van der Waals surface area contributed by atoms with Crippen LogP contribution in [-0.4, -0.2) is 41.3 Å². The average Bonchev–Trinajstić information content (AvgIpc) is 3.12. The number of benzene rings is 1. The number of carbonyl (C=O) groups is 1. The Hall–Kier alpha value is -2.56. The summed E-state index contributed by atoms with van der Waals surface area (Å²) < 4.78 is 29.2. The van der Waals surface area contributed by atoms with E-state index in [1.54, 1.807) is 24.3 Å². The fourth-order valence-corrected chi connectivity index (χ4v) is 6.81. The number of hydrogen-bond donors (Lipinski definition) is 1. The molecule has 0 radical (unpaired) electrons. The Labute approximate surface area is 197 Å². The summed E-state index contributed by atoms with van der Waals surface area (Å²) in [7, 11) is -3.60. The van der Waals surface area contributed by atoms with Crippen molar-refractivity contribution in [1.82, 2.24) is 19.2 Å². The van der Waals surface area contributed by atoms with E-state index in [9.17, 15) is 18.0 Å². The molecular formula is C23H28N4O4S2. The normalized spacial score (nSPS) is 15.1. The minimum Gasteiger partial charge on any atom is -0.352 e. The van der Waals surface area contributed by atoms with Gasteiger partial charge in [-0.25, -0.2) is 13.4 Å². The van der Waals surface area contributed by atoms with Gasteiger partial charge in [-0.15, -0.1) is 11.3 Å². The summed E-state index contributed by atoms with van der Waals surface area (Å²) in [6.07, 6.45) is 4.34. The van der Waals surface area contributed by atoms with E-state index < -0.39 is 10.0 Å². The highest BCUT2D eigenvalue weighted by molar-refractivity contribution is 7.89. The standard InChI is InChI=1S/C23H28N4O4S2/c1-16-17(2)32-22-21(16)23(29)26(15-25-22)13-10-20(28)24-14-18-8-4-5-9-19(18)33(30,31)27-11-6-3-7-12-27/h4-5,8-9,15H,3,6-7,10-14H2,1-2H3,(H,24,28). The third-order valence-corrected chi connectivity index (χ3v) is 9.23. The molecule has 0 spiro atoms. The van der Waals surface area contributed by atoms with Gasteiger partial charge in [0.05, 0.1) is 16.6 Å². The summed E-state index contributed by atoms with van der Waals surface area (Å²) >= 11 is 1.49. The Bertz CT molecular complexity index is 1340. The summed E-state index contributed by atoms with van der Waals surface area (Å²) in [6.45, 7) is 5.23. The molecule has 1 amide bonds. The van der Waals surface area contributed by atoms with E-state index in [1.165, 1.54) is 26.5 Å². The highest BCUT2D eigenvalue weighted by Crippen LogP contribution is 2.26. The molecule has 1 aliphatic rings. The highest BCUT2D eigenvalue weighted by Gasteiger charge is 2.27. The lowest BCUT2D eigenvalue weighted by molar-refractivity contribution is -0.121. The third kappa shape index (κ3) is 4.87. The Balaban J connectivity index is 1.42. The van der Waals surface area contributed by atoms with E-state index in [1.807, 2.05) is 13.8 Å². The molecule has 0 aliphatic carbocycles. The first-order valence-corrected chi connectivity index (χ1v) is 13.3. The fraction of sp³-hybridized carbons (Fsp3) is 0.435. The first-order chi connectivity index (χ1) is 15.8. The van der Waals surface area contributed by atoms with Crippen molar-refractivity contribution in [2.75, 3.05) is 13.1 Å². The summed E-state index contributed by atoms with van der Waals surface area (Å²) in [4.78, 5) is 31.6. The van der Waals surface area contributed by atoms with Gasteiger partial charge in [-0.2, -0.15) is 4.31 Å². The molecule has 1 aliphatic heterocycles. The fourth-order valence-electron chi connectivity index (χ4n) is 4.08. The Kier molecular flexibility index (Phi) is 6.96. The molecule has 0 unspecified atom stereocenters. The van der Waals surface area contributed by atoms with Crippen LogP contribution in [0.4, 0.5) is 0 Å². The van der Waals surface area contributed by atoms with Crippen LogP contribution >= 0.6 is 11.3 Å². The SMILES string of the molecule is Cc1sc2ncn(CCC(=O)NCc3ccccc3S(=O)(=O)N3CCCCC3)c(=O)c2c1C. The van der Waals surface area contributed by atoms with Gasteiger partial charge < -0.3 is 5.32 Å². The van der Waals surface area contributed by atoms with Gasteiger partial charge in [0, 0.05) is 37.5 Å². The molecule has 4 rings (SSSR count). The van der Waals surface area contributed by atoms with Crippen molar-refractivity contribution in [2.24, 2.45) is 0 Å². The molecule has 3 aromatic rings. The van der Waals surface area contributed by atoms with Crippen molar-refractivity contribution in [2.45, 2.75) is 57.5 Å². The molecule has 176 valence electrons. The van der Waals surface area contributed by atoms with Gasteiger partial charge in [0.2, 0.25) is 15.9 Å². The molecule has 10 heteroatoms. The molecular weight excluding hydrogens is 460 g/mol. The molecule has 0 atom stereocenters. The lowest BCUT2D eigenvalue weighted by Gasteiger charge is -2.26. The molecule has 2 aromatic heterocycles. The number of aromatic nitrogens is 2. The van der Waals surface area contributed by atoms with Crippen LogP contribution < -0.4 is 10.9 Å². The zero-order valence-electron chi connectivity index (χ0n) is 18.8. The number of thiophene rings is 1. The van der Waals surface area contributed by atoms with E-state index in [0.29, 0.717) is 28.9 Å². The van der Waals surface area contributed by atoms with E-state index in [-0.39, 0.29) is 35.9 Å². The van der Waals surface area contributed by atoms with Gasteiger partial charge in [-0.1, -0.05) is 24.6 Å². The van der Waals surface area contributed by atoms with Gasteiger partial charge in [-0.3, -0.25) is 14.2 Å². The lowest BCUT2D eigenvalue weighted by atomic mass is 10.2. The second kappa shape index (κ2) is 9.74. The number of carbonyl (C=O) groups excluding carboxylic acids is 1. The molecule has 3 heterocycles. The molecule has 1 fully saturated rings. The Morgan fingerprint density at radius 2 is 1.88 bits per heavy atom. The summed E-state index contributed by atoms with van der Waals surface area (Å²) in [6, 6.07) is 6.78. The van der Waals surface area contributed by atoms with E-state index >= 15 is 0 Å². The molecule has 33 heavy (non-hydrogen) atoms. The summed E-state index contributed by atoms with van der Waals surface area (Å²) in [5.74, 6) is -0.259.